The fourth-order valence-corrected chi connectivity index (χ4v) is 2.89. The Morgan fingerprint density at radius 2 is 1.48 bits per heavy atom. The van der Waals surface area contributed by atoms with E-state index in [-0.39, 0.29) is 5.92 Å². The van der Waals surface area contributed by atoms with E-state index < -0.39 is 11.9 Å². The Morgan fingerprint density at radius 3 is 2.00 bits per heavy atom. The van der Waals surface area contributed by atoms with Gasteiger partial charge in [0.2, 0.25) is 0 Å². The molecule has 0 radical (unpaired) electrons. The summed E-state index contributed by atoms with van der Waals surface area (Å²) in [6, 6.07) is 3.26. The van der Waals surface area contributed by atoms with E-state index in [0.29, 0.717) is 18.4 Å². The monoisotopic (exact) mass is 450 g/mol. The first-order valence-corrected chi connectivity index (χ1v) is 11.8. The van der Waals surface area contributed by atoms with Crippen LogP contribution in [0.4, 0.5) is 0 Å². The van der Waals surface area contributed by atoms with Gasteiger partial charge in [-0.2, -0.15) is 5.48 Å². The maximum absolute atomic E-state index is 12.2. The quantitative estimate of drug-likeness (QED) is 0.235. The average Bonchev–Trinajstić information content (AvgIpc) is 2.85. The second kappa shape index (κ2) is 19.5. The molecule has 1 aromatic heterocycles. The highest BCUT2D eigenvalue weighted by Crippen LogP contribution is 2.13. The van der Waals surface area contributed by atoms with E-state index in [1.54, 1.807) is 18.3 Å². The molecule has 0 aliphatic carbocycles. The van der Waals surface area contributed by atoms with Gasteiger partial charge in [0.1, 0.15) is 0 Å². The summed E-state index contributed by atoms with van der Waals surface area (Å²) in [7, 11) is 0. The van der Waals surface area contributed by atoms with Gasteiger partial charge in [0.15, 0.2) is 0 Å². The number of aromatic nitrogens is 1. The molecule has 0 aliphatic rings. The molecule has 1 atom stereocenters. The number of nitrogens with one attached hydrogen (secondary N) is 1. The van der Waals surface area contributed by atoms with Gasteiger partial charge in [-0.15, -0.1) is 0 Å². The number of pyridine rings is 1. The summed E-state index contributed by atoms with van der Waals surface area (Å²) in [5, 5.41) is 0. The van der Waals surface area contributed by atoms with Gasteiger partial charge < -0.3 is 4.84 Å². The van der Waals surface area contributed by atoms with E-state index in [9.17, 15) is 9.59 Å². The summed E-state index contributed by atoms with van der Waals surface area (Å²) in [6.45, 7) is 4.08. The third-order valence-electron chi connectivity index (χ3n) is 4.83. The molecule has 0 fully saturated rings. The van der Waals surface area contributed by atoms with Crippen LogP contribution in [-0.2, 0) is 9.63 Å². The minimum absolute atomic E-state index is 0.249. The highest BCUT2D eigenvalue weighted by Gasteiger charge is 2.19. The van der Waals surface area contributed by atoms with Gasteiger partial charge in [0.25, 0.3) is 5.91 Å². The van der Waals surface area contributed by atoms with E-state index in [0.717, 1.165) is 38.5 Å². The molecule has 33 heavy (non-hydrogen) atoms. The second-order valence-electron chi connectivity index (χ2n) is 7.48. The predicted octanol–water partition coefficient (Wildman–Crippen LogP) is 6.83. The van der Waals surface area contributed by atoms with E-state index in [1.807, 2.05) is 6.92 Å². The van der Waals surface area contributed by atoms with Crippen molar-refractivity contribution in [2.75, 3.05) is 0 Å². The number of allylic oxidation sites excluding steroid dienone is 10. The van der Waals surface area contributed by atoms with Gasteiger partial charge >= 0.3 is 5.97 Å². The highest BCUT2D eigenvalue weighted by atomic mass is 16.7. The molecule has 0 spiro atoms. The number of hydrogen-bond donors (Lipinski definition) is 1. The lowest BCUT2D eigenvalue weighted by Gasteiger charge is -2.12. The van der Waals surface area contributed by atoms with Gasteiger partial charge in [0.05, 0.1) is 11.5 Å². The SMILES string of the molecule is CC/C=C\C/C=C\C/C=C\C/C=C\C/C=C/CCC(CC)C(=O)ONC(=O)c1cccnc1. The molecule has 0 saturated heterocycles. The van der Waals surface area contributed by atoms with Crippen LogP contribution in [0.25, 0.3) is 0 Å². The van der Waals surface area contributed by atoms with Crippen molar-refractivity contribution in [3.8, 4) is 0 Å². The minimum atomic E-state index is -0.482. The molecule has 1 aromatic rings. The van der Waals surface area contributed by atoms with Crippen LogP contribution >= 0.6 is 0 Å². The molecule has 1 amide bonds. The fourth-order valence-electron chi connectivity index (χ4n) is 2.89. The summed E-state index contributed by atoms with van der Waals surface area (Å²) in [5.74, 6) is -1.15. The number of amides is 1. The van der Waals surface area contributed by atoms with Gasteiger partial charge in [-0.3, -0.25) is 9.78 Å². The molecule has 1 unspecified atom stereocenters. The Balaban J connectivity index is 2.15. The Morgan fingerprint density at radius 1 is 0.909 bits per heavy atom. The Hall–Kier alpha value is -3.21. The number of carbonyl (C=O) groups excluding carboxylic acids is 2. The maximum atomic E-state index is 12.2. The largest absolute Gasteiger partial charge is 0.340 e. The van der Waals surface area contributed by atoms with E-state index >= 15 is 0 Å². The molecule has 0 aromatic carbocycles. The van der Waals surface area contributed by atoms with Crippen LogP contribution in [0.2, 0.25) is 0 Å². The Bertz CT molecular complexity index is 808. The zero-order valence-electron chi connectivity index (χ0n) is 20.0. The first-order valence-electron chi connectivity index (χ1n) is 11.8. The molecule has 178 valence electrons. The topological polar surface area (TPSA) is 68.3 Å². The minimum Gasteiger partial charge on any atom is -0.340 e. The molecule has 1 rings (SSSR count). The molecular formula is C28H38N2O3. The Kier molecular flexibility index (Phi) is 16.4. The zero-order valence-corrected chi connectivity index (χ0v) is 20.0. The first kappa shape index (κ1) is 27.8. The van der Waals surface area contributed by atoms with Gasteiger partial charge in [-0.1, -0.05) is 74.6 Å². The molecule has 0 aliphatic heterocycles. The standard InChI is InChI=1S/C28H38N2O3/c1-3-5-6-7-8-9-10-11-12-13-14-15-16-17-18-19-21-25(4-2)28(32)33-30-27(31)26-22-20-23-29-24-26/h5-6,8-9,11-12,14-15,17-18,20,22-25H,3-4,7,10,13,16,19,21H2,1-2H3,(H,30,31)/b6-5-,9-8-,12-11-,15-14-,18-17+. The van der Waals surface area contributed by atoms with E-state index in [4.69, 9.17) is 4.84 Å². The maximum Gasteiger partial charge on any atom is 0.335 e. The van der Waals surface area contributed by atoms with E-state index in [1.165, 1.54) is 6.20 Å². The van der Waals surface area contributed by atoms with Crippen molar-refractivity contribution in [1.82, 2.24) is 10.5 Å². The van der Waals surface area contributed by atoms with Gasteiger partial charge in [-0.05, 0) is 63.5 Å². The zero-order chi connectivity index (χ0) is 24.0. The van der Waals surface area contributed by atoms with Crippen molar-refractivity contribution in [2.45, 2.75) is 65.2 Å². The van der Waals surface area contributed by atoms with Gasteiger partial charge in [-0.25, -0.2) is 4.79 Å². The average molecular weight is 451 g/mol. The molecule has 1 N–H and O–H groups in total. The van der Waals surface area contributed by atoms with Crippen LogP contribution in [-0.4, -0.2) is 16.9 Å². The number of rotatable bonds is 15. The van der Waals surface area contributed by atoms with Crippen LogP contribution in [0.15, 0.2) is 85.3 Å². The van der Waals surface area contributed by atoms with Crippen LogP contribution < -0.4 is 5.48 Å². The molecule has 0 saturated carbocycles. The molecule has 1 heterocycles. The fraction of sp³-hybridized carbons (Fsp3) is 0.393. The lowest BCUT2D eigenvalue weighted by Crippen LogP contribution is -2.30. The highest BCUT2D eigenvalue weighted by molar-refractivity contribution is 5.93. The predicted molar refractivity (Wildman–Crippen MR) is 135 cm³/mol. The van der Waals surface area contributed by atoms with Crippen molar-refractivity contribution in [3.63, 3.8) is 0 Å². The van der Waals surface area contributed by atoms with Crippen molar-refractivity contribution in [1.29, 1.82) is 0 Å². The summed E-state index contributed by atoms with van der Waals surface area (Å²) < 4.78 is 0. The molecule has 0 bridgehead atoms. The van der Waals surface area contributed by atoms with Crippen LogP contribution in [0.5, 0.6) is 0 Å². The van der Waals surface area contributed by atoms with Crippen molar-refractivity contribution >= 4 is 11.9 Å². The number of nitrogens with zero attached hydrogens (tertiary/aromatic N) is 1. The molecule has 5 heteroatoms. The first-order chi connectivity index (χ1) is 16.2. The van der Waals surface area contributed by atoms with Gasteiger partial charge in [0, 0.05) is 12.4 Å². The normalized spacial score (nSPS) is 13.0. The lowest BCUT2D eigenvalue weighted by atomic mass is 10.0. The summed E-state index contributed by atoms with van der Waals surface area (Å²) in [5.41, 5.74) is 2.55. The molecule has 5 nitrogen and oxygen atoms in total. The van der Waals surface area contributed by atoms with Crippen molar-refractivity contribution in [3.05, 3.63) is 90.9 Å². The third-order valence-corrected chi connectivity index (χ3v) is 4.83. The summed E-state index contributed by atoms with van der Waals surface area (Å²) >= 11 is 0. The lowest BCUT2D eigenvalue weighted by molar-refractivity contribution is -0.154. The summed E-state index contributed by atoms with van der Waals surface area (Å²) in [6.07, 6.45) is 31.6. The summed E-state index contributed by atoms with van der Waals surface area (Å²) in [4.78, 5) is 33.0. The van der Waals surface area contributed by atoms with Crippen molar-refractivity contribution < 1.29 is 14.4 Å². The number of carbonyl (C=O) groups is 2. The number of hydrogen-bond acceptors (Lipinski definition) is 4. The third kappa shape index (κ3) is 14.5. The smallest absolute Gasteiger partial charge is 0.335 e. The number of hydroxylamine groups is 1. The van der Waals surface area contributed by atoms with Crippen molar-refractivity contribution in [2.24, 2.45) is 5.92 Å². The second-order valence-corrected chi connectivity index (χ2v) is 7.48. The van der Waals surface area contributed by atoms with Crippen LogP contribution in [0.1, 0.15) is 75.6 Å². The van der Waals surface area contributed by atoms with E-state index in [2.05, 4.69) is 78.1 Å². The van der Waals surface area contributed by atoms with Crippen LogP contribution in [0, 0.1) is 5.92 Å². The Labute approximate surface area is 199 Å². The van der Waals surface area contributed by atoms with Crippen LogP contribution in [0.3, 0.4) is 0 Å². The molecular weight excluding hydrogens is 412 g/mol.